The van der Waals surface area contributed by atoms with E-state index >= 15 is 0 Å². The van der Waals surface area contributed by atoms with Gasteiger partial charge < -0.3 is 11.9 Å². The minimum atomic E-state index is -4.17. The van der Waals surface area contributed by atoms with Crippen molar-refractivity contribution in [2.45, 2.75) is 13.3 Å². The summed E-state index contributed by atoms with van der Waals surface area (Å²) in [6, 6.07) is 0. The van der Waals surface area contributed by atoms with Gasteiger partial charge in [0.2, 0.25) is 5.91 Å². The first-order valence-electron chi connectivity index (χ1n) is 2.66. The molecule has 0 aromatic carbocycles. The van der Waals surface area contributed by atoms with E-state index < -0.39 is 16.2 Å². The predicted octanol–water partition coefficient (Wildman–Crippen LogP) is -1.64. The summed E-state index contributed by atoms with van der Waals surface area (Å²) in [6.07, 6.45) is -0.139. The minimum absolute atomic E-state index is 0. The lowest BCUT2D eigenvalue weighted by molar-refractivity contribution is -0.125. The van der Waals surface area contributed by atoms with E-state index in [1.807, 2.05) is 0 Å². The first-order chi connectivity index (χ1) is 5.13. The fourth-order valence-electron chi connectivity index (χ4n) is 0.245. The Morgan fingerprint density at radius 2 is 1.62 bits per heavy atom. The summed E-state index contributed by atoms with van der Waals surface area (Å²) in [6.45, 7) is 1.32. The lowest BCUT2D eigenvalue weighted by atomic mass is 10.3. The van der Waals surface area contributed by atoms with Crippen LogP contribution in [0.15, 0.2) is 0 Å². The Morgan fingerprint density at radius 1 is 1.38 bits per heavy atom. The van der Waals surface area contributed by atoms with Gasteiger partial charge in [-0.25, -0.2) is 5.14 Å². The van der Waals surface area contributed by atoms with Crippen molar-refractivity contribution >= 4 is 22.0 Å². The molecule has 0 rings (SSSR count). The van der Waals surface area contributed by atoms with Gasteiger partial charge in [0.05, 0.1) is 6.42 Å². The van der Waals surface area contributed by atoms with Crippen molar-refractivity contribution in [3.63, 3.8) is 0 Å². The number of amides is 1. The van der Waals surface area contributed by atoms with Gasteiger partial charge in [0.25, 0.3) is 0 Å². The molecule has 0 fully saturated rings. The number of hydrogen-bond acceptors (Lipinski definition) is 5. The highest BCUT2D eigenvalue weighted by atomic mass is 32.2. The molecule has 0 bridgehead atoms. The Balaban J connectivity index is -0.000000150. The average Bonchev–Trinajstić information content (AvgIpc) is 1.52. The largest absolute Gasteiger partial charge is 0.369 e. The van der Waals surface area contributed by atoms with Gasteiger partial charge in [-0.15, -0.1) is 0 Å². The molecular formula is C4H13N3O5S. The third kappa shape index (κ3) is 100. The van der Waals surface area contributed by atoms with Crippen LogP contribution in [0.25, 0.3) is 0 Å². The molecule has 0 aliphatic heterocycles. The van der Waals surface area contributed by atoms with Crippen LogP contribution in [0.5, 0.6) is 0 Å². The summed E-state index contributed by atoms with van der Waals surface area (Å²) in [5.41, 5.74) is 4.63. The van der Waals surface area contributed by atoms with Crippen LogP contribution in [-0.2, 0) is 19.9 Å². The highest BCUT2D eigenvalue weighted by Crippen LogP contribution is 1.75. The van der Waals surface area contributed by atoms with Crippen molar-refractivity contribution < 1.29 is 22.6 Å². The summed E-state index contributed by atoms with van der Waals surface area (Å²) >= 11 is 0. The molecule has 0 heterocycles. The molecule has 0 aliphatic rings. The van der Waals surface area contributed by atoms with Gasteiger partial charge in [0, 0.05) is 0 Å². The van der Waals surface area contributed by atoms with Crippen LogP contribution in [0.3, 0.4) is 0 Å². The Labute approximate surface area is 75.7 Å². The topological polar surface area (TPSA) is 176 Å². The normalized spacial score (nSPS) is 8.85. The standard InChI is InChI=1S/C4H7NO2.H3NO3S.H3N/c1-3(6)2-4(5)7;1-5(2,3)4;/h2H2,1H3,(H2,5,7);(H3,1,2,3,4);1H3. The van der Waals surface area contributed by atoms with Gasteiger partial charge in [0.15, 0.2) is 0 Å². The van der Waals surface area contributed by atoms with E-state index in [1.54, 1.807) is 0 Å². The van der Waals surface area contributed by atoms with E-state index in [9.17, 15) is 9.59 Å². The first kappa shape index (κ1) is 17.9. The van der Waals surface area contributed by atoms with Crippen molar-refractivity contribution in [1.29, 1.82) is 0 Å². The van der Waals surface area contributed by atoms with Gasteiger partial charge in [0.1, 0.15) is 5.78 Å². The SMILES string of the molecule is CC(=O)CC(N)=O.N.NS(=O)(=O)O. The number of carbonyl (C=O) groups excluding carboxylic acids is 2. The molecule has 0 radical (unpaired) electrons. The molecule has 13 heavy (non-hydrogen) atoms. The summed E-state index contributed by atoms with van der Waals surface area (Å²) in [4.78, 5) is 19.8. The smallest absolute Gasteiger partial charge is 0.330 e. The monoisotopic (exact) mass is 215 g/mol. The number of ketones is 1. The van der Waals surface area contributed by atoms with Crippen LogP contribution in [0.2, 0.25) is 0 Å². The van der Waals surface area contributed by atoms with Crippen molar-refractivity contribution in [2.24, 2.45) is 10.9 Å². The molecule has 0 atom stereocenters. The zero-order valence-corrected chi connectivity index (χ0v) is 7.87. The van der Waals surface area contributed by atoms with Crippen LogP contribution in [-0.4, -0.2) is 24.7 Å². The van der Waals surface area contributed by atoms with Gasteiger partial charge in [-0.1, -0.05) is 0 Å². The fourth-order valence-corrected chi connectivity index (χ4v) is 0.245. The summed E-state index contributed by atoms with van der Waals surface area (Å²) in [5.74, 6) is -0.750. The van der Waals surface area contributed by atoms with Crippen LogP contribution >= 0.6 is 0 Å². The molecule has 8 N–H and O–H groups in total. The van der Waals surface area contributed by atoms with Crippen molar-refractivity contribution in [2.75, 3.05) is 0 Å². The number of rotatable bonds is 2. The molecule has 0 aromatic heterocycles. The van der Waals surface area contributed by atoms with Gasteiger partial charge in [-0.05, 0) is 6.92 Å². The first-order valence-corrected chi connectivity index (χ1v) is 4.16. The van der Waals surface area contributed by atoms with Gasteiger partial charge in [-0.2, -0.15) is 8.42 Å². The lowest BCUT2D eigenvalue weighted by Crippen LogP contribution is -2.13. The van der Waals surface area contributed by atoms with Gasteiger partial charge >= 0.3 is 10.3 Å². The molecular weight excluding hydrogens is 202 g/mol. The minimum Gasteiger partial charge on any atom is -0.369 e. The van der Waals surface area contributed by atoms with Crippen molar-refractivity contribution in [1.82, 2.24) is 6.15 Å². The second-order valence-electron chi connectivity index (χ2n) is 1.86. The summed E-state index contributed by atoms with van der Waals surface area (Å²) in [5, 5.41) is 3.88. The molecule has 0 saturated heterocycles. The summed E-state index contributed by atoms with van der Waals surface area (Å²) in [7, 11) is -4.17. The van der Waals surface area contributed by atoms with Crippen LogP contribution in [0.4, 0.5) is 0 Å². The third-order valence-electron chi connectivity index (χ3n) is 0.423. The maximum absolute atomic E-state index is 9.95. The fraction of sp³-hybridized carbons (Fsp3) is 0.500. The number of primary amides is 1. The Morgan fingerprint density at radius 3 is 1.62 bits per heavy atom. The number of carbonyl (C=O) groups is 2. The van der Waals surface area contributed by atoms with E-state index in [2.05, 4.69) is 10.9 Å². The van der Waals surface area contributed by atoms with Crippen LogP contribution in [0, 0.1) is 0 Å². The average molecular weight is 215 g/mol. The maximum Gasteiger partial charge on any atom is 0.330 e. The van der Waals surface area contributed by atoms with Crippen LogP contribution < -0.4 is 17.0 Å². The Hall–Kier alpha value is -1.03. The Bertz CT molecular complexity index is 239. The second kappa shape index (κ2) is 7.61. The highest BCUT2D eigenvalue weighted by Gasteiger charge is 1.95. The maximum atomic E-state index is 9.95. The quantitative estimate of drug-likeness (QED) is 0.317. The number of hydrogen-bond donors (Lipinski definition) is 4. The zero-order chi connectivity index (χ0) is 10.4. The van der Waals surface area contributed by atoms with E-state index in [0.29, 0.717) is 0 Å². The Kier molecular flexibility index (Phi) is 10.5. The molecule has 80 valence electrons. The predicted molar refractivity (Wildman–Crippen MR) is 45.3 cm³/mol. The molecule has 9 heteroatoms. The molecule has 0 unspecified atom stereocenters. The molecule has 0 aromatic rings. The van der Waals surface area contributed by atoms with E-state index in [1.165, 1.54) is 6.92 Å². The van der Waals surface area contributed by atoms with Crippen LogP contribution in [0.1, 0.15) is 13.3 Å². The zero-order valence-electron chi connectivity index (χ0n) is 7.06. The molecule has 0 spiro atoms. The highest BCUT2D eigenvalue weighted by molar-refractivity contribution is 7.83. The molecule has 8 nitrogen and oxygen atoms in total. The van der Waals surface area contributed by atoms with Crippen molar-refractivity contribution in [3.05, 3.63) is 0 Å². The third-order valence-corrected chi connectivity index (χ3v) is 0.423. The lowest BCUT2D eigenvalue weighted by Gasteiger charge is -1.82. The van der Waals surface area contributed by atoms with E-state index in [4.69, 9.17) is 13.0 Å². The second-order valence-corrected chi connectivity index (χ2v) is 2.89. The number of nitrogens with two attached hydrogens (primary N) is 2. The van der Waals surface area contributed by atoms with E-state index in [0.717, 1.165) is 0 Å². The molecule has 1 amide bonds. The number of Topliss-reactive ketones (excluding diaryl/α,β-unsaturated/α-hetero) is 1. The van der Waals surface area contributed by atoms with E-state index in [-0.39, 0.29) is 18.4 Å². The molecule has 0 saturated carbocycles. The summed E-state index contributed by atoms with van der Waals surface area (Å²) < 4.78 is 25.2. The van der Waals surface area contributed by atoms with Gasteiger partial charge in [-0.3, -0.25) is 14.1 Å². The molecule has 0 aliphatic carbocycles. The van der Waals surface area contributed by atoms with Crippen molar-refractivity contribution in [3.8, 4) is 0 Å².